The van der Waals surface area contributed by atoms with Gasteiger partial charge in [-0.15, -0.1) is 0 Å². The van der Waals surface area contributed by atoms with Crippen molar-refractivity contribution in [1.29, 1.82) is 0 Å². The van der Waals surface area contributed by atoms with Crippen LogP contribution in [0.3, 0.4) is 0 Å². The molecule has 70 valence electrons. The Morgan fingerprint density at radius 3 is 2.58 bits per heavy atom. The average Bonchev–Trinajstić information content (AvgIpc) is 2.17. The van der Waals surface area contributed by atoms with Gasteiger partial charge in [0.1, 0.15) is 0 Å². The molecule has 0 aromatic carbocycles. The zero-order chi connectivity index (χ0) is 8.97. The molecule has 0 aromatic rings. The minimum Gasteiger partial charge on any atom is -0.378 e. The summed E-state index contributed by atoms with van der Waals surface area (Å²) in [4.78, 5) is 13.5. The van der Waals surface area contributed by atoms with Crippen LogP contribution in [0, 0.1) is 5.92 Å². The summed E-state index contributed by atoms with van der Waals surface area (Å²) in [6.45, 7) is 6.96. The van der Waals surface area contributed by atoms with Crippen LogP contribution in [0.4, 0.5) is 0 Å². The highest BCUT2D eigenvalue weighted by molar-refractivity contribution is 5.78. The molecule has 1 atom stereocenters. The number of carbonyl (C=O) groups excluding carboxylic acids is 1. The Kier molecular flexibility index (Phi) is 3.53. The van der Waals surface area contributed by atoms with E-state index < -0.39 is 0 Å². The Balaban J connectivity index is 2.39. The Morgan fingerprint density at radius 2 is 2.08 bits per heavy atom. The van der Waals surface area contributed by atoms with Gasteiger partial charge < -0.3 is 9.64 Å². The van der Waals surface area contributed by atoms with Gasteiger partial charge in [-0.1, -0.05) is 13.8 Å². The van der Waals surface area contributed by atoms with Crippen molar-refractivity contribution >= 4 is 5.91 Å². The van der Waals surface area contributed by atoms with E-state index in [2.05, 4.69) is 0 Å². The van der Waals surface area contributed by atoms with Gasteiger partial charge in [-0.05, 0) is 6.42 Å². The van der Waals surface area contributed by atoms with Crippen molar-refractivity contribution in [2.45, 2.75) is 20.3 Å². The normalized spacial score (nSPS) is 20.7. The first kappa shape index (κ1) is 9.52. The summed E-state index contributed by atoms with van der Waals surface area (Å²) in [7, 11) is 0. The third-order valence-corrected chi connectivity index (χ3v) is 2.36. The first-order chi connectivity index (χ1) is 5.75. The molecule has 1 aliphatic heterocycles. The molecule has 0 radical (unpaired) electrons. The summed E-state index contributed by atoms with van der Waals surface area (Å²) in [5.74, 6) is 0.448. The maximum absolute atomic E-state index is 11.6. The van der Waals surface area contributed by atoms with Crippen molar-refractivity contribution in [3.05, 3.63) is 0 Å². The molecule has 0 spiro atoms. The van der Waals surface area contributed by atoms with Gasteiger partial charge in [0.05, 0.1) is 13.2 Å². The minimum absolute atomic E-state index is 0.170. The van der Waals surface area contributed by atoms with Gasteiger partial charge in [0.2, 0.25) is 5.91 Å². The molecule has 1 saturated heterocycles. The van der Waals surface area contributed by atoms with Crippen LogP contribution in [0.1, 0.15) is 20.3 Å². The second-order valence-electron chi connectivity index (χ2n) is 3.25. The molecule has 1 fully saturated rings. The molecule has 3 heteroatoms. The number of hydrogen-bond acceptors (Lipinski definition) is 2. The van der Waals surface area contributed by atoms with E-state index in [0.717, 1.165) is 19.5 Å². The van der Waals surface area contributed by atoms with E-state index in [1.54, 1.807) is 0 Å². The van der Waals surface area contributed by atoms with Crippen LogP contribution in [0.15, 0.2) is 0 Å². The van der Waals surface area contributed by atoms with Crippen molar-refractivity contribution in [1.82, 2.24) is 4.90 Å². The number of carbonyl (C=O) groups is 1. The SMILES string of the molecule is CCC(C)C(=O)N1CCOCC1. The predicted molar refractivity (Wildman–Crippen MR) is 46.9 cm³/mol. The Labute approximate surface area is 73.7 Å². The monoisotopic (exact) mass is 171 g/mol. The standard InChI is InChI=1S/C9H17NO2/c1-3-8(2)9(11)10-4-6-12-7-5-10/h8H,3-7H2,1-2H3. The lowest BCUT2D eigenvalue weighted by Gasteiger charge is -2.28. The number of ether oxygens (including phenoxy) is 1. The molecular formula is C9H17NO2. The van der Waals surface area contributed by atoms with Crippen LogP contribution >= 0.6 is 0 Å². The van der Waals surface area contributed by atoms with Gasteiger partial charge in [-0.3, -0.25) is 4.79 Å². The van der Waals surface area contributed by atoms with Gasteiger partial charge in [-0.25, -0.2) is 0 Å². The topological polar surface area (TPSA) is 29.5 Å². The first-order valence-corrected chi connectivity index (χ1v) is 4.62. The van der Waals surface area contributed by atoms with Gasteiger partial charge in [0, 0.05) is 19.0 Å². The highest BCUT2D eigenvalue weighted by Crippen LogP contribution is 2.08. The summed E-state index contributed by atoms with van der Waals surface area (Å²) in [6.07, 6.45) is 0.927. The highest BCUT2D eigenvalue weighted by Gasteiger charge is 2.20. The number of nitrogens with zero attached hydrogens (tertiary/aromatic N) is 1. The summed E-state index contributed by atoms with van der Waals surface area (Å²) >= 11 is 0. The Hall–Kier alpha value is -0.570. The maximum atomic E-state index is 11.6. The summed E-state index contributed by atoms with van der Waals surface area (Å²) in [6, 6.07) is 0. The molecule has 0 aliphatic carbocycles. The molecule has 0 saturated carbocycles. The molecule has 0 bridgehead atoms. The largest absolute Gasteiger partial charge is 0.378 e. The Bertz CT molecular complexity index is 153. The summed E-state index contributed by atoms with van der Waals surface area (Å²) in [5, 5.41) is 0. The van der Waals surface area contributed by atoms with Crippen molar-refractivity contribution < 1.29 is 9.53 Å². The molecule has 3 nitrogen and oxygen atoms in total. The average molecular weight is 171 g/mol. The van der Waals surface area contributed by atoms with Gasteiger partial charge in [-0.2, -0.15) is 0 Å². The van der Waals surface area contributed by atoms with Crippen LogP contribution in [-0.4, -0.2) is 37.1 Å². The molecule has 1 amide bonds. The van der Waals surface area contributed by atoms with E-state index in [0.29, 0.717) is 13.2 Å². The lowest BCUT2D eigenvalue weighted by atomic mass is 10.1. The van der Waals surface area contributed by atoms with E-state index in [1.807, 2.05) is 18.7 Å². The van der Waals surface area contributed by atoms with Crippen molar-refractivity contribution in [2.24, 2.45) is 5.92 Å². The minimum atomic E-state index is 0.170. The smallest absolute Gasteiger partial charge is 0.225 e. The third-order valence-electron chi connectivity index (χ3n) is 2.36. The van der Waals surface area contributed by atoms with E-state index in [1.165, 1.54) is 0 Å². The Morgan fingerprint density at radius 1 is 1.50 bits per heavy atom. The van der Waals surface area contributed by atoms with E-state index in [-0.39, 0.29) is 11.8 Å². The molecule has 0 N–H and O–H groups in total. The third kappa shape index (κ3) is 2.21. The lowest BCUT2D eigenvalue weighted by molar-refractivity contribution is -0.139. The van der Waals surface area contributed by atoms with Crippen molar-refractivity contribution in [2.75, 3.05) is 26.3 Å². The van der Waals surface area contributed by atoms with E-state index in [9.17, 15) is 4.79 Å². The first-order valence-electron chi connectivity index (χ1n) is 4.62. The fourth-order valence-corrected chi connectivity index (χ4v) is 1.27. The van der Waals surface area contributed by atoms with Gasteiger partial charge in [0.15, 0.2) is 0 Å². The van der Waals surface area contributed by atoms with Crippen LogP contribution in [0.25, 0.3) is 0 Å². The molecule has 1 aliphatic rings. The molecule has 1 rings (SSSR count). The van der Waals surface area contributed by atoms with Crippen molar-refractivity contribution in [3.8, 4) is 0 Å². The highest BCUT2D eigenvalue weighted by atomic mass is 16.5. The fourth-order valence-electron chi connectivity index (χ4n) is 1.27. The molecule has 1 unspecified atom stereocenters. The quantitative estimate of drug-likeness (QED) is 0.617. The van der Waals surface area contributed by atoms with Crippen LogP contribution in [0.2, 0.25) is 0 Å². The molecule has 12 heavy (non-hydrogen) atoms. The van der Waals surface area contributed by atoms with Crippen LogP contribution in [0.5, 0.6) is 0 Å². The van der Waals surface area contributed by atoms with E-state index in [4.69, 9.17) is 4.74 Å². The van der Waals surface area contributed by atoms with Gasteiger partial charge >= 0.3 is 0 Å². The number of rotatable bonds is 2. The van der Waals surface area contributed by atoms with Crippen molar-refractivity contribution in [3.63, 3.8) is 0 Å². The number of morpholine rings is 1. The molecular weight excluding hydrogens is 154 g/mol. The zero-order valence-corrected chi connectivity index (χ0v) is 7.88. The van der Waals surface area contributed by atoms with Crippen LogP contribution in [-0.2, 0) is 9.53 Å². The maximum Gasteiger partial charge on any atom is 0.225 e. The number of hydrogen-bond donors (Lipinski definition) is 0. The number of amides is 1. The lowest BCUT2D eigenvalue weighted by Crippen LogP contribution is -2.43. The zero-order valence-electron chi connectivity index (χ0n) is 7.88. The second-order valence-corrected chi connectivity index (χ2v) is 3.25. The fraction of sp³-hybridized carbons (Fsp3) is 0.889. The van der Waals surface area contributed by atoms with Gasteiger partial charge in [0.25, 0.3) is 0 Å². The van der Waals surface area contributed by atoms with Crippen LogP contribution < -0.4 is 0 Å². The molecule has 1 heterocycles. The predicted octanol–water partition coefficient (Wildman–Crippen LogP) is 0.891. The summed E-state index contributed by atoms with van der Waals surface area (Å²) in [5.41, 5.74) is 0. The molecule has 0 aromatic heterocycles. The second kappa shape index (κ2) is 4.45. The summed E-state index contributed by atoms with van der Waals surface area (Å²) < 4.78 is 5.17. The van der Waals surface area contributed by atoms with E-state index >= 15 is 0 Å².